The first-order valence-corrected chi connectivity index (χ1v) is 5.70. The van der Waals surface area contributed by atoms with E-state index in [0.717, 1.165) is 17.2 Å². The molecule has 0 aliphatic heterocycles. The number of nitrogens with zero attached hydrogens (tertiary/aromatic N) is 4. The van der Waals surface area contributed by atoms with Crippen LogP contribution in [0.1, 0.15) is 18.7 Å². The topological polar surface area (TPSA) is 80.9 Å². The Bertz CT molecular complexity index is 536. The van der Waals surface area contributed by atoms with E-state index in [1.165, 1.54) is 0 Å². The molecule has 94 valence electrons. The molecule has 0 unspecified atom stereocenters. The molecule has 2 aromatic rings. The molecule has 0 bridgehead atoms. The molecule has 18 heavy (non-hydrogen) atoms. The highest BCUT2D eigenvalue weighted by atomic mass is 16.4. The second-order valence-corrected chi connectivity index (χ2v) is 3.96. The molecular weight excluding hydrogens is 232 g/mol. The molecule has 0 spiro atoms. The van der Waals surface area contributed by atoms with Gasteiger partial charge in [0.05, 0.1) is 0 Å². The van der Waals surface area contributed by atoms with E-state index in [1.807, 2.05) is 23.6 Å². The number of aryl methyl sites for hydroxylation is 1. The van der Waals surface area contributed by atoms with Crippen molar-refractivity contribution in [2.45, 2.75) is 26.3 Å². The van der Waals surface area contributed by atoms with Crippen LogP contribution in [0.2, 0.25) is 0 Å². The predicted molar refractivity (Wildman–Crippen MR) is 64.9 cm³/mol. The molecule has 0 atom stereocenters. The number of pyridine rings is 1. The fraction of sp³-hybridized carbons (Fsp3) is 0.333. The SMILES string of the molecule is Cc1nnc(-c2cccnc2)n1CCCC(=O)O. The molecule has 0 saturated heterocycles. The van der Waals surface area contributed by atoms with Crippen molar-refractivity contribution in [1.29, 1.82) is 0 Å². The summed E-state index contributed by atoms with van der Waals surface area (Å²) >= 11 is 0. The summed E-state index contributed by atoms with van der Waals surface area (Å²) in [6.45, 7) is 2.45. The lowest BCUT2D eigenvalue weighted by atomic mass is 10.2. The normalized spacial score (nSPS) is 10.5. The summed E-state index contributed by atoms with van der Waals surface area (Å²) in [7, 11) is 0. The smallest absolute Gasteiger partial charge is 0.303 e. The highest BCUT2D eigenvalue weighted by Crippen LogP contribution is 2.17. The van der Waals surface area contributed by atoms with E-state index in [9.17, 15) is 4.79 Å². The number of hydrogen-bond acceptors (Lipinski definition) is 4. The van der Waals surface area contributed by atoms with E-state index in [0.29, 0.717) is 13.0 Å². The van der Waals surface area contributed by atoms with Gasteiger partial charge in [0.1, 0.15) is 5.82 Å². The Balaban J connectivity index is 2.20. The number of aromatic nitrogens is 4. The van der Waals surface area contributed by atoms with Crippen molar-refractivity contribution >= 4 is 5.97 Å². The fourth-order valence-corrected chi connectivity index (χ4v) is 1.75. The third-order valence-electron chi connectivity index (χ3n) is 2.63. The first-order valence-electron chi connectivity index (χ1n) is 5.70. The van der Waals surface area contributed by atoms with Crippen LogP contribution >= 0.6 is 0 Å². The minimum atomic E-state index is -0.788. The highest BCUT2D eigenvalue weighted by molar-refractivity contribution is 5.66. The minimum Gasteiger partial charge on any atom is -0.481 e. The lowest BCUT2D eigenvalue weighted by Crippen LogP contribution is -2.05. The highest BCUT2D eigenvalue weighted by Gasteiger charge is 2.11. The molecule has 2 rings (SSSR count). The summed E-state index contributed by atoms with van der Waals surface area (Å²) in [6, 6.07) is 3.74. The number of rotatable bonds is 5. The molecule has 0 fully saturated rings. The Morgan fingerprint density at radius 3 is 2.94 bits per heavy atom. The molecule has 2 aromatic heterocycles. The van der Waals surface area contributed by atoms with Gasteiger partial charge in [-0.25, -0.2) is 0 Å². The second-order valence-electron chi connectivity index (χ2n) is 3.96. The summed E-state index contributed by atoms with van der Waals surface area (Å²) < 4.78 is 1.92. The van der Waals surface area contributed by atoms with Crippen LogP contribution in [0.4, 0.5) is 0 Å². The van der Waals surface area contributed by atoms with Crippen molar-refractivity contribution in [3.63, 3.8) is 0 Å². The third-order valence-corrected chi connectivity index (χ3v) is 2.63. The molecule has 0 amide bonds. The molecule has 6 heteroatoms. The van der Waals surface area contributed by atoms with E-state index in [-0.39, 0.29) is 6.42 Å². The van der Waals surface area contributed by atoms with Crippen LogP contribution in [0.25, 0.3) is 11.4 Å². The van der Waals surface area contributed by atoms with Crippen molar-refractivity contribution in [3.05, 3.63) is 30.4 Å². The second kappa shape index (κ2) is 5.39. The zero-order valence-electron chi connectivity index (χ0n) is 10.1. The molecule has 0 saturated carbocycles. The summed E-state index contributed by atoms with van der Waals surface area (Å²) in [6.07, 6.45) is 4.12. The average molecular weight is 246 g/mol. The number of carboxylic acids is 1. The minimum absolute atomic E-state index is 0.143. The Morgan fingerprint density at radius 2 is 2.28 bits per heavy atom. The van der Waals surface area contributed by atoms with Gasteiger partial charge in [-0.3, -0.25) is 9.78 Å². The maximum atomic E-state index is 10.5. The van der Waals surface area contributed by atoms with E-state index in [1.54, 1.807) is 12.4 Å². The van der Waals surface area contributed by atoms with Crippen LogP contribution in [-0.2, 0) is 11.3 Å². The first-order chi connectivity index (χ1) is 8.68. The quantitative estimate of drug-likeness (QED) is 0.864. The van der Waals surface area contributed by atoms with Crippen LogP contribution in [0, 0.1) is 6.92 Å². The zero-order chi connectivity index (χ0) is 13.0. The van der Waals surface area contributed by atoms with Crippen molar-refractivity contribution in [2.75, 3.05) is 0 Å². The molecule has 0 aliphatic rings. The third kappa shape index (κ3) is 2.71. The molecule has 0 radical (unpaired) electrons. The monoisotopic (exact) mass is 246 g/mol. The number of carbonyl (C=O) groups is 1. The van der Waals surface area contributed by atoms with Crippen LogP contribution < -0.4 is 0 Å². The molecule has 1 N–H and O–H groups in total. The maximum Gasteiger partial charge on any atom is 0.303 e. The van der Waals surface area contributed by atoms with Crippen molar-refractivity contribution in [3.8, 4) is 11.4 Å². The summed E-state index contributed by atoms with van der Waals surface area (Å²) in [5.74, 6) is 0.717. The summed E-state index contributed by atoms with van der Waals surface area (Å²) in [5.41, 5.74) is 0.883. The largest absolute Gasteiger partial charge is 0.481 e. The van der Waals surface area contributed by atoms with Crippen LogP contribution in [-0.4, -0.2) is 30.8 Å². The predicted octanol–water partition coefficient (Wildman–Crippen LogP) is 1.51. The van der Waals surface area contributed by atoms with E-state index in [2.05, 4.69) is 15.2 Å². The molecule has 2 heterocycles. The van der Waals surface area contributed by atoms with Gasteiger partial charge < -0.3 is 9.67 Å². The Hall–Kier alpha value is -2.24. The van der Waals surface area contributed by atoms with Gasteiger partial charge >= 0.3 is 5.97 Å². The van der Waals surface area contributed by atoms with Gasteiger partial charge in [-0.1, -0.05) is 0 Å². The van der Waals surface area contributed by atoms with Crippen LogP contribution in [0.5, 0.6) is 0 Å². The van der Waals surface area contributed by atoms with E-state index < -0.39 is 5.97 Å². The number of carboxylic acid groups (broad SMARTS) is 1. The van der Waals surface area contributed by atoms with Crippen molar-refractivity contribution in [2.24, 2.45) is 0 Å². The van der Waals surface area contributed by atoms with Crippen molar-refractivity contribution < 1.29 is 9.90 Å². The van der Waals surface area contributed by atoms with Gasteiger partial charge in [0.25, 0.3) is 0 Å². The molecule has 6 nitrogen and oxygen atoms in total. The Kier molecular flexibility index (Phi) is 3.66. The zero-order valence-corrected chi connectivity index (χ0v) is 10.1. The lowest BCUT2D eigenvalue weighted by Gasteiger charge is -2.07. The van der Waals surface area contributed by atoms with Gasteiger partial charge in [-0.2, -0.15) is 0 Å². The maximum absolute atomic E-state index is 10.5. The lowest BCUT2D eigenvalue weighted by molar-refractivity contribution is -0.137. The van der Waals surface area contributed by atoms with Gasteiger partial charge in [0.2, 0.25) is 0 Å². The average Bonchev–Trinajstić information content (AvgIpc) is 2.72. The fourth-order valence-electron chi connectivity index (χ4n) is 1.75. The van der Waals surface area contributed by atoms with E-state index in [4.69, 9.17) is 5.11 Å². The van der Waals surface area contributed by atoms with Gasteiger partial charge in [0, 0.05) is 30.9 Å². The number of hydrogen-bond donors (Lipinski definition) is 1. The van der Waals surface area contributed by atoms with Crippen LogP contribution in [0.15, 0.2) is 24.5 Å². The van der Waals surface area contributed by atoms with Gasteiger partial charge in [0.15, 0.2) is 5.82 Å². The van der Waals surface area contributed by atoms with E-state index >= 15 is 0 Å². The Morgan fingerprint density at radius 1 is 1.44 bits per heavy atom. The van der Waals surface area contributed by atoms with Crippen molar-refractivity contribution in [1.82, 2.24) is 19.7 Å². The molecular formula is C12H14N4O2. The summed E-state index contributed by atoms with van der Waals surface area (Å²) in [5, 5.41) is 16.8. The first kappa shape index (κ1) is 12.2. The molecule has 0 aliphatic carbocycles. The van der Waals surface area contributed by atoms with Gasteiger partial charge in [-0.05, 0) is 25.5 Å². The standard InChI is InChI=1S/C12H14N4O2/c1-9-14-15-12(10-4-2-6-13-8-10)16(9)7-3-5-11(17)18/h2,4,6,8H,3,5,7H2,1H3,(H,17,18). The summed E-state index contributed by atoms with van der Waals surface area (Å²) in [4.78, 5) is 14.6. The van der Waals surface area contributed by atoms with Crippen LogP contribution in [0.3, 0.4) is 0 Å². The van der Waals surface area contributed by atoms with Gasteiger partial charge in [-0.15, -0.1) is 10.2 Å². The number of aliphatic carboxylic acids is 1. The Labute approximate surface area is 104 Å². The molecule has 0 aromatic carbocycles.